The van der Waals surface area contributed by atoms with Crippen molar-refractivity contribution in [2.24, 2.45) is 0 Å². The van der Waals surface area contributed by atoms with Gasteiger partial charge in [-0.2, -0.15) is 0 Å². The zero-order chi connectivity index (χ0) is 11.5. The molecule has 84 valence electrons. The first-order valence-corrected chi connectivity index (χ1v) is 5.44. The van der Waals surface area contributed by atoms with Gasteiger partial charge >= 0.3 is 0 Å². The van der Waals surface area contributed by atoms with Gasteiger partial charge in [0.15, 0.2) is 0 Å². The van der Waals surface area contributed by atoms with Crippen LogP contribution in [0.25, 0.3) is 10.9 Å². The highest BCUT2D eigenvalue weighted by molar-refractivity contribution is 5.77. The minimum atomic E-state index is -0.392. The lowest BCUT2D eigenvalue weighted by molar-refractivity contribution is 0.162. The minimum absolute atomic E-state index is 0.392. The Balaban J connectivity index is 2.60. The Hall–Kier alpha value is -1.84. The van der Waals surface area contributed by atoms with E-state index in [1.807, 2.05) is 6.07 Å². The molecular weight excluding hydrogens is 204 g/mol. The van der Waals surface area contributed by atoms with E-state index in [0.29, 0.717) is 27.9 Å². The Kier molecular flexibility index (Phi) is 2.90. The molecule has 2 aromatic rings. The lowest BCUT2D eigenvalue weighted by atomic mass is 10.2. The maximum Gasteiger partial charge on any atom is 0.293 e. The van der Waals surface area contributed by atoms with Crippen LogP contribution in [0.5, 0.6) is 0 Å². The molecule has 16 heavy (non-hydrogen) atoms. The number of hydrogen-bond acceptors (Lipinski definition) is 3. The molecule has 0 saturated carbocycles. The van der Waals surface area contributed by atoms with Crippen molar-refractivity contribution < 1.29 is 5.21 Å². The van der Waals surface area contributed by atoms with Crippen LogP contribution in [0.2, 0.25) is 0 Å². The van der Waals surface area contributed by atoms with Gasteiger partial charge in [0.2, 0.25) is 0 Å². The normalized spacial score (nSPS) is 10.8. The number of rotatable bonds is 3. The van der Waals surface area contributed by atoms with Crippen molar-refractivity contribution in [2.75, 3.05) is 0 Å². The van der Waals surface area contributed by atoms with E-state index < -0.39 is 5.56 Å². The molecule has 0 amide bonds. The summed E-state index contributed by atoms with van der Waals surface area (Å²) in [6.45, 7) is 2.06. The van der Waals surface area contributed by atoms with E-state index in [4.69, 9.17) is 0 Å². The summed E-state index contributed by atoms with van der Waals surface area (Å²) in [5.74, 6) is 0.436. The highest BCUT2D eigenvalue weighted by atomic mass is 16.5. The highest BCUT2D eigenvalue weighted by Gasteiger charge is 2.08. The molecule has 4 heteroatoms. The van der Waals surface area contributed by atoms with E-state index in [0.717, 1.165) is 12.8 Å². The second kappa shape index (κ2) is 4.35. The number of hydrogen-bond donors (Lipinski definition) is 1. The van der Waals surface area contributed by atoms with Crippen LogP contribution >= 0.6 is 0 Å². The summed E-state index contributed by atoms with van der Waals surface area (Å²) in [5.41, 5.74) is 0.251. The molecule has 0 spiro atoms. The number of para-hydroxylation sites is 1. The van der Waals surface area contributed by atoms with Gasteiger partial charge in [-0.15, -0.1) is 4.73 Å². The quantitative estimate of drug-likeness (QED) is 0.801. The summed E-state index contributed by atoms with van der Waals surface area (Å²) < 4.78 is 0.665. The summed E-state index contributed by atoms with van der Waals surface area (Å²) >= 11 is 0. The molecule has 2 rings (SSSR count). The van der Waals surface area contributed by atoms with Crippen molar-refractivity contribution in [1.29, 1.82) is 0 Å². The molecule has 1 aromatic carbocycles. The number of nitrogens with zero attached hydrogens (tertiary/aromatic N) is 2. The van der Waals surface area contributed by atoms with E-state index in [-0.39, 0.29) is 0 Å². The summed E-state index contributed by atoms with van der Waals surface area (Å²) in [6, 6.07) is 7.05. The molecule has 0 aliphatic heterocycles. The maximum absolute atomic E-state index is 11.8. The fourth-order valence-electron chi connectivity index (χ4n) is 1.67. The molecule has 0 atom stereocenters. The van der Waals surface area contributed by atoms with E-state index in [1.165, 1.54) is 0 Å². The third-order valence-corrected chi connectivity index (χ3v) is 2.57. The van der Waals surface area contributed by atoms with E-state index in [2.05, 4.69) is 11.9 Å². The Morgan fingerprint density at radius 3 is 2.88 bits per heavy atom. The molecule has 4 nitrogen and oxygen atoms in total. The third kappa shape index (κ3) is 1.78. The molecule has 1 aromatic heterocycles. The van der Waals surface area contributed by atoms with Gasteiger partial charge in [0.25, 0.3) is 5.56 Å². The first-order chi connectivity index (χ1) is 7.74. The molecule has 0 saturated heterocycles. The van der Waals surface area contributed by atoms with Crippen LogP contribution in [0.1, 0.15) is 25.6 Å². The number of aryl methyl sites for hydroxylation is 1. The largest absolute Gasteiger partial charge is 0.424 e. The Morgan fingerprint density at radius 2 is 2.12 bits per heavy atom. The van der Waals surface area contributed by atoms with Crippen LogP contribution in [0.4, 0.5) is 0 Å². The Labute approximate surface area is 93.1 Å². The average Bonchev–Trinajstić information content (AvgIpc) is 2.32. The summed E-state index contributed by atoms with van der Waals surface area (Å²) in [4.78, 5) is 16.1. The van der Waals surface area contributed by atoms with Crippen LogP contribution in [0, 0.1) is 0 Å². The van der Waals surface area contributed by atoms with Crippen LogP contribution < -0.4 is 5.56 Å². The van der Waals surface area contributed by atoms with Crippen LogP contribution in [-0.4, -0.2) is 14.9 Å². The second-order valence-electron chi connectivity index (χ2n) is 3.77. The highest BCUT2D eigenvalue weighted by Crippen LogP contribution is 2.08. The molecule has 0 unspecified atom stereocenters. The van der Waals surface area contributed by atoms with Crippen LogP contribution in [0.3, 0.4) is 0 Å². The number of unbranched alkanes of at least 4 members (excludes halogenated alkanes) is 1. The molecule has 0 radical (unpaired) electrons. The molecule has 1 heterocycles. The number of fused-ring (bicyclic) bond motifs is 1. The zero-order valence-electron chi connectivity index (χ0n) is 9.18. The Bertz CT molecular complexity index is 560. The van der Waals surface area contributed by atoms with E-state index in [9.17, 15) is 10.0 Å². The van der Waals surface area contributed by atoms with Crippen molar-refractivity contribution in [3.05, 3.63) is 40.4 Å². The summed E-state index contributed by atoms with van der Waals surface area (Å²) in [7, 11) is 0. The fourth-order valence-corrected chi connectivity index (χ4v) is 1.67. The smallest absolute Gasteiger partial charge is 0.293 e. The average molecular weight is 218 g/mol. The summed E-state index contributed by atoms with van der Waals surface area (Å²) in [6.07, 6.45) is 2.53. The van der Waals surface area contributed by atoms with Crippen molar-refractivity contribution >= 4 is 10.9 Å². The van der Waals surface area contributed by atoms with Gasteiger partial charge in [-0.25, -0.2) is 4.98 Å². The SMILES string of the molecule is CCCCc1nc2ccccc2c(=O)n1O. The van der Waals surface area contributed by atoms with Gasteiger partial charge in [-0.3, -0.25) is 4.79 Å². The zero-order valence-corrected chi connectivity index (χ0v) is 9.18. The van der Waals surface area contributed by atoms with Gasteiger partial charge in [-0.05, 0) is 18.6 Å². The van der Waals surface area contributed by atoms with Gasteiger partial charge in [-0.1, -0.05) is 25.5 Å². The monoisotopic (exact) mass is 218 g/mol. The fraction of sp³-hybridized carbons (Fsp3) is 0.333. The summed E-state index contributed by atoms with van der Waals surface area (Å²) in [5, 5.41) is 10.1. The first-order valence-electron chi connectivity index (χ1n) is 5.44. The molecule has 0 bridgehead atoms. The second-order valence-corrected chi connectivity index (χ2v) is 3.77. The lowest BCUT2D eigenvalue weighted by Crippen LogP contribution is -2.23. The predicted molar refractivity (Wildman–Crippen MR) is 61.8 cm³/mol. The third-order valence-electron chi connectivity index (χ3n) is 2.57. The van der Waals surface area contributed by atoms with Gasteiger partial charge in [0, 0.05) is 6.42 Å². The molecule has 1 N–H and O–H groups in total. The van der Waals surface area contributed by atoms with Crippen LogP contribution in [0.15, 0.2) is 29.1 Å². The topological polar surface area (TPSA) is 55.1 Å². The predicted octanol–water partition coefficient (Wildman–Crippen LogP) is 1.98. The van der Waals surface area contributed by atoms with Crippen molar-refractivity contribution in [3.8, 4) is 0 Å². The number of aromatic nitrogens is 2. The van der Waals surface area contributed by atoms with Crippen molar-refractivity contribution in [3.63, 3.8) is 0 Å². The number of benzene rings is 1. The van der Waals surface area contributed by atoms with E-state index in [1.54, 1.807) is 18.2 Å². The van der Waals surface area contributed by atoms with Crippen LogP contribution in [-0.2, 0) is 6.42 Å². The van der Waals surface area contributed by atoms with Crippen molar-refractivity contribution in [1.82, 2.24) is 9.71 Å². The molecular formula is C12H14N2O2. The molecule has 0 fully saturated rings. The van der Waals surface area contributed by atoms with Gasteiger partial charge in [0.1, 0.15) is 5.82 Å². The Morgan fingerprint density at radius 1 is 1.38 bits per heavy atom. The van der Waals surface area contributed by atoms with Gasteiger partial charge in [0.05, 0.1) is 10.9 Å². The minimum Gasteiger partial charge on any atom is -0.424 e. The standard InChI is InChI=1S/C12H14N2O2/c1-2-3-8-11-13-10-7-5-4-6-9(10)12(15)14(11)16/h4-7,16H,2-3,8H2,1H3. The lowest BCUT2D eigenvalue weighted by Gasteiger charge is -2.06. The maximum atomic E-state index is 11.8. The molecule has 0 aliphatic rings. The van der Waals surface area contributed by atoms with Crippen molar-refractivity contribution in [2.45, 2.75) is 26.2 Å². The first kappa shape index (κ1) is 10.7. The van der Waals surface area contributed by atoms with E-state index >= 15 is 0 Å². The van der Waals surface area contributed by atoms with Gasteiger partial charge < -0.3 is 5.21 Å². The molecule has 0 aliphatic carbocycles.